The van der Waals surface area contributed by atoms with Crippen molar-refractivity contribution in [3.63, 3.8) is 0 Å². The molecule has 1 atom stereocenters. The Morgan fingerprint density at radius 2 is 2.30 bits per heavy atom. The highest BCUT2D eigenvalue weighted by molar-refractivity contribution is 7.89. The molecule has 0 aliphatic carbocycles. The number of nitrogens with one attached hydrogen (secondary N) is 2. The van der Waals surface area contributed by atoms with Crippen LogP contribution < -0.4 is 5.32 Å². The summed E-state index contributed by atoms with van der Waals surface area (Å²) in [7, 11) is -3.45. The van der Waals surface area contributed by atoms with Crippen molar-refractivity contribution < 1.29 is 8.42 Å². The second-order valence-electron chi connectivity index (χ2n) is 5.28. The maximum atomic E-state index is 12.7. The van der Waals surface area contributed by atoms with Gasteiger partial charge in [-0.1, -0.05) is 20.3 Å². The summed E-state index contributed by atoms with van der Waals surface area (Å²) in [6.07, 6.45) is 4.68. The highest BCUT2D eigenvalue weighted by Gasteiger charge is 2.32. The summed E-state index contributed by atoms with van der Waals surface area (Å²) in [6, 6.07) is 0. The van der Waals surface area contributed by atoms with Crippen LogP contribution in [0.25, 0.3) is 0 Å². The maximum absolute atomic E-state index is 12.7. The molecule has 1 aliphatic rings. The van der Waals surface area contributed by atoms with E-state index < -0.39 is 10.0 Å². The number of H-pyrrole nitrogens is 1. The molecule has 20 heavy (non-hydrogen) atoms. The van der Waals surface area contributed by atoms with Gasteiger partial charge in [0.1, 0.15) is 0 Å². The van der Waals surface area contributed by atoms with Crippen molar-refractivity contribution in [3.05, 3.63) is 11.8 Å². The van der Waals surface area contributed by atoms with E-state index in [1.807, 2.05) is 6.92 Å². The molecule has 0 amide bonds. The van der Waals surface area contributed by atoms with E-state index in [0.29, 0.717) is 31.1 Å². The lowest BCUT2D eigenvalue weighted by Crippen LogP contribution is -2.40. The van der Waals surface area contributed by atoms with Gasteiger partial charge in [0.25, 0.3) is 10.0 Å². The Bertz CT molecular complexity index is 526. The number of piperidine rings is 1. The summed E-state index contributed by atoms with van der Waals surface area (Å²) in [6.45, 7) is 6.66. The van der Waals surface area contributed by atoms with Crippen LogP contribution in [0.4, 0.5) is 0 Å². The first-order chi connectivity index (χ1) is 9.59. The first kappa shape index (κ1) is 15.5. The smallest absolute Gasteiger partial charge is 0.260 e. The van der Waals surface area contributed by atoms with Crippen LogP contribution >= 0.6 is 0 Å². The minimum atomic E-state index is -3.45. The summed E-state index contributed by atoms with van der Waals surface area (Å²) < 4.78 is 27.0. The van der Waals surface area contributed by atoms with Crippen molar-refractivity contribution in [2.75, 3.05) is 19.6 Å². The molecule has 6 nitrogen and oxygen atoms in total. The van der Waals surface area contributed by atoms with Gasteiger partial charge in [0.2, 0.25) is 0 Å². The fourth-order valence-electron chi connectivity index (χ4n) is 2.62. The second kappa shape index (κ2) is 6.69. The lowest BCUT2D eigenvalue weighted by Gasteiger charge is -2.31. The number of rotatable bonds is 6. The molecule has 0 bridgehead atoms. The number of aromatic amines is 1. The molecule has 7 heteroatoms. The van der Waals surface area contributed by atoms with Crippen LogP contribution in [0.3, 0.4) is 0 Å². The van der Waals surface area contributed by atoms with Gasteiger partial charge in [0, 0.05) is 25.2 Å². The highest BCUT2D eigenvalue weighted by Crippen LogP contribution is 2.25. The summed E-state index contributed by atoms with van der Waals surface area (Å²) in [4.78, 5) is 0. The van der Waals surface area contributed by atoms with Crippen molar-refractivity contribution in [2.24, 2.45) is 5.92 Å². The van der Waals surface area contributed by atoms with Gasteiger partial charge in [-0.05, 0) is 25.3 Å². The van der Waals surface area contributed by atoms with E-state index in [-0.39, 0.29) is 5.03 Å². The van der Waals surface area contributed by atoms with Crippen molar-refractivity contribution in [1.29, 1.82) is 0 Å². The van der Waals surface area contributed by atoms with Crippen molar-refractivity contribution >= 4 is 10.0 Å². The molecule has 1 aromatic heterocycles. The van der Waals surface area contributed by atoms with Gasteiger partial charge in [-0.2, -0.15) is 9.40 Å². The van der Waals surface area contributed by atoms with Gasteiger partial charge >= 0.3 is 0 Å². The zero-order chi connectivity index (χ0) is 14.6. The van der Waals surface area contributed by atoms with E-state index in [9.17, 15) is 8.42 Å². The first-order valence-corrected chi connectivity index (χ1v) is 8.76. The van der Waals surface area contributed by atoms with Gasteiger partial charge < -0.3 is 5.32 Å². The standard InChI is InChI=1S/C13H24N4O2S/c1-3-11-6-5-7-17(10-11)20(18,19)13-12(8-14-4-2)9-15-16-13/h9,11,14H,3-8,10H2,1-2H3,(H,15,16). The minimum Gasteiger partial charge on any atom is -0.313 e. The monoisotopic (exact) mass is 300 g/mol. The van der Waals surface area contributed by atoms with Crippen molar-refractivity contribution in [2.45, 2.75) is 44.7 Å². The molecule has 0 aromatic carbocycles. The van der Waals surface area contributed by atoms with Gasteiger partial charge in [0.05, 0.1) is 6.20 Å². The molecule has 1 fully saturated rings. The number of aromatic nitrogens is 2. The molecule has 1 aliphatic heterocycles. The summed E-state index contributed by atoms with van der Waals surface area (Å²) in [5.41, 5.74) is 0.713. The molecule has 114 valence electrons. The average Bonchev–Trinajstić information content (AvgIpc) is 2.94. The largest absolute Gasteiger partial charge is 0.313 e. The van der Waals surface area contributed by atoms with Crippen molar-refractivity contribution in [3.8, 4) is 0 Å². The number of hydrogen-bond acceptors (Lipinski definition) is 4. The average molecular weight is 300 g/mol. The molecule has 2 N–H and O–H groups in total. The molecule has 1 saturated heterocycles. The first-order valence-electron chi connectivity index (χ1n) is 7.32. The third kappa shape index (κ3) is 3.21. The Kier molecular flexibility index (Phi) is 5.17. The van der Waals surface area contributed by atoms with E-state index in [0.717, 1.165) is 25.8 Å². The van der Waals surface area contributed by atoms with Crippen LogP contribution in [0.5, 0.6) is 0 Å². The van der Waals surface area contributed by atoms with Crippen LogP contribution in [-0.4, -0.2) is 42.6 Å². The van der Waals surface area contributed by atoms with E-state index in [1.165, 1.54) is 0 Å². The van der Waals surface area contributed by atoms with Crippen LogP contribution in [0.15, 0.2) is 11.2 Å². The maximum Gasteiger partial charge on any atom is 0.260 e. The molecule has 0 radical (unpaired) electrons. The normalized spacial score (nSPS) is 21.2. The topological polar surface area (TPSA) is 78.1 Å². The SMILES string of the molecule is CCNCc1cn[nH]c1S(=O)(=O)N1CCCC(CC)C1. The van der Waals surface area contributed by atoms with Crippen molar-refractivity contribution in [1.82, 2.24) is 19.8 Å². The lowest BCUT2D eigenvalue weighted by atomic mass is 9.97. The predicted octanol–water partition coefficient (Wildman–Crippen LogP) is 1.33. The fraction of sp³-hybridized carbons (Fsp3) is 0.769. The zero-order valence-electron chi connectivity index (χ0n) is 12.2. The molecule has 1 unspecified atom stereocenters. The van der Waals surface area contributed by atoms with Gasteiger partial charge in [-0.25, -0.2) is 8.42 Å². The van der Waals surface area contributed by atoms with Gasteiger partial charge in [-0.3, -0.25) is 5.10 Å². The molecular weight excluding hydrogens is 276 g/mol. The Labute approximate surface area is 121 Å². The van der Waals surface area contributed by atoms with Crippen LogP contribution in [0.1, 0.15) is 38.7 Å². The van der Waals surface area contributed by atoms with Crippen LogP contribution in [0.2, 0.25) is 0 Å². The minimum absolute atomic E-state index is 0.246. The Hall–Kier alpha value is -0.920. The Morgan fingerprint density at radius 3 is 3.00 bits per heavy atom. The van der Waals surface area contributed by atoms with Crippen LogP contribution in [0, 0.1) is 5.92 Å². The van der Waals surface area contributed by atoms with Crippen LogP contribution in [-0.2, 0) is 16.6 Å². The number of nitrogens with zero attached hydrogens (tertiary/aromatic N) is 2. The lowest BCUT2D eigenvalue weighted by molar-refractivity contribution is 0.261. The summed E-state index contributed by atoms with van der Waals surface area (Å²) in [5, 5.41) is 9.96. The Balaban J connectivity index is 2.19. The molecule has 0 spiro atoms. The highest BCUT2D eigenvalue weighted by atomic mass is 32.2. The van der Waals surface area contributed by atoms with E-state index in [4.69, 9.17) is 0 Å². The quantitative estimate of drug-likeness (QED) is 0.831. The third-order valence-corrected chi connectivity index (χ3v) is 5.78. The molecular formula is C13H24N4O2S. The summed E-state index contributed by atoms with van der Waals surface area (Å²) in [5.74, 6) is 0.471. The number of hydrogen-bond donors (Lipinski definition) is 2. The zero-order valence-corrected chi connectivity index (χ0v) is 13.0. The van der Waals surface area contributed by atoms with Gasteiger partial charge in [-0.15, -0.1) is 0 Å². The van der Waals surface area contributed by atoms with E-state index in [2.05, 4.69) is 22.4 Å². The fourth-order valence-corrected chi connectivity index (χ4v) is 4.27. The molecule has 2 heterocycles. The van der Waals surface area contributed by atoms with E-state index >= 15 is 0 Å². The molecule has 0 saturated carbocycles. The predicted molar refractivity (Wildman–Crippen MR) is 77.7 cm³/mol. The Morgan fingerprint density at radius 1 is 1.50 bits per heavy atom. The summed E-state index contributed by atoms with van der Waals surface area (Å²) >= 11 is 0. The van der Waals surface area contributed by atoms with E-state index in [1.54, 1.807) is 10.5 Å². The van der Waals surface area contributed by atoms with Gasteiger partial charge in [0.15, 0.2) is 5.03 Å². The molecule has 1 aromatic rings. The second-order valence-corrected chi connectivity index (χ2v) is 7.16. The third-order valence-electron chi connectivity index (χ3n) is 3.90. The molecule has 2 rings (SSSR count). The number of sulfonamides is 1.